The number of halogens is 1. The minimum absolute atomic E-state index is 0.103. The molecule has 0 bridgehead atoms. The normalized spacial score (nSPS) is 10.1. The maximum Gasteiger partial charge on any atom is 0.338 e. The van der Waals surface area contributed by atoms with E-state index in [0.717, 1.165) is 0 Å². The van der Waals surface area contributed by atoms with Gasteiger partial charge < -0.3 is 10.1 Å². The van der Waals surface area contributed by atoms with Crippen molar-refractivity contribution in [3.8, 4) is 0 Å². The first-order valence-electron chi connectivity index (χ1n) is 6.41. The van der Waals surface area contributed by atoms with Gasteiger partial charge in [0.1, 0.15) is 0 Å². The van der Waals surface area contributed by atoms with E-state index in [1.54, 1.807) is 30.3 Å². The minimum atomic E-state index is -0.392. The minimum Gasteiger partial charge on any atom is -0.462 e. The molecule has 0 spiro atoms. The maximum atomic E-state index is 11.7. The van der Waals surface area contributed by atoms with Gasteiger partial charge in [0.05, 0.1) is 17.0 Å². The van der Waals surface area contributed by atoms with Gasteiger partial charge in [-0.15, -0.1) is 11.3 Å². The van der Waals surface area contributed by atoms with Crippen molar-refractivity contribution in [1.82, 2.24) is 5.32 Å². The molecule has 0 saturated heterocycles. The molecule has 1 heterocycles. The van der Waals surface area contributed by atoms with E-state index in [2.05, 4.69) is 5.32 Å². The summed E-state index contributed by atoms with van der Waals surface area (Å²) in [5, 5.41) is 5.19. The highest BCUT2D eigenvalue weighted by atomic mass is 35.5. The molecular weight excluding hydrogens is 310 g/mol. The second kappa shape index (κ2) is 7.81. The van der Waals surface area contributed by atoms with E-state index < -0.39 is 5.97 Å². The molecule has 1 amide bonds. The Morgan fingerprint density at radius 2 is 1.95 bits per heavy atom. The zero-order valence-electron chi connectivity index (χ0n) is 11.2. The van der Waals surface area contributed by atoms with Crippen LogP contribution in [0.1, 0.15) is 26.5 Å². The second-order valence-electron chi connectivity index (χ2n) is 4.23. The molecule has 6 heteroatoms. The van der Waals surface area contributed by atoms with E-state index in [-0.39, 0.29) is 12.5 Å². The number of esters is 1. The Morgan fingerprint density at radius 1 is 1.19 bits per heavy atom. The van der Waals surface area contributed by atoms with Crippen LogP contribution < -0.4 is 5.32 Å². The Bertz CT molecular complexity index is 596. The predicted octanol–water partition coefficient (Wildman–Crippen LogP) is 3.38. The molecule has 1 aromatic carbocycles. The third kappa shape index (κ3) is 4.88. The lowest BCUT2D eigenvalue weighted by atomic mass is 10.2. The van der Waals surface area contributed by atoms with Gasteiger partial charge in [-0.3, -0.25) is 4.79 Å². The summed E-state index contributed by atoms with van der Waals surface area (Å²) in [6.07, 6.45) is 0.566. The number of nitrogens with one attached hydrogen (secondary N) is 1. The zero-order chi connectivity index (χ0) is 15.1. The molecule has 2 rings (SSSR count). The molecule has 1 N–H and O–H groups in total. The van der Waals surface area contributed by atoms with Crippen molar-refractivity contribution in [2.24, 2.45) is 0 Å². The molecule has 4 nitrogen and oxygen atoms in total. The van der Waals surface area contributed by atoms with Gasteiger partial charge in [-0.25, -0.2) is 4.79 Å². The predicted molar refractivity (Wildman–Crippen MR) is 83.0 cm³/mol. The summed E-state index contributed by atoms with van der Waals surface area (Å²) in [6, 6.07) is 10.1. The summed E-state index contributed by atoms with van der Waals surface area (Å²) in [7, 11) is 0. The molecule has 0 atom stereocenters. The zero-order valence-corrected chi connectivity index (χ0v) is 12.7. The molecule has 21 heavy (non-hydrogen) atoms. The van der Waals surface area contributed by atoms with E-state index in [0.29, 0.717) is 28.4 Å². The van der Waals surface area contributed by atoms with Gasteiger partial charge in [0.15, 0.2) is 0 Å². The van der Waals surface area contributed by atoms with Crippen molar-refractivity contribution >= 4 is 34.8 Å². The maximum absolute atomic E-state index is 11.7. The number of carbonyl (C=O) groups is 2. The molecule has 2 aromatic rings. The van der Waals surface area contributed by atoms with Gasteiger partial charge in [-0.05, 0) is 42.1 Å². The standard InChI is InChI=1S/C15H14ClNO3S/c16-12-6-4-11(5-7-12)15(19)20-9-2-8-17-14(18)13-3-1-10-21-13/h1,3-7,10H,2,8-9H2,(H,17,18). The van der Waals surface area contributed by atoms with Gasteiger partial charge in [0.2, 0.25) is 0 Å². The van der Waals surface area contributed by atoms with E-state index in [4.69, 9.17) is 16.3 Å². The van der Waals surface area contributed by atoms with Crippen LogP contribution in [0.25, 0.3) is 0 Å². The highest BCUT2D eigenvalue weighted by Crippen LogP contribution is 2.10. The third-order valence-electron chi connectivity index (χ3n) is 2.66. The quantitative estimate of drug-likeness (QED) is 0.655. The van der Waals surface area contributed by atoms with Crippen molar-refractivity contribution in [3.05, 3.63) is 57.2 Å². The van der Waals surface area contributed by atoms with Gasteiger partial charge >= 0.3 is 5.97 Å². The largest absolute Gasteiger partial charge is 0.462 e. The van der Waals surface area contributed by atoms with Gasteiger partial charge in [-0.2, -0.15) is 0 Å². The van der Waals surface area contributed by atoms with E-state index in [9.17, 15) is 9.59 Å². The summed E-state index contributed by atoms with van der Waals surface area (Å²) >= 11 is 7.13. The third-order valence-corrected chi connectivity index (χ3v) is 3.79. The first-order valence-corrected chi connectivity index (χ1v) is 7.67. The van der Waals surface area contributed by atoms with Crippen molar-refractivity contribution in [2.75, 3.05) is 13.2 Å². The Labute approximate surface area is 131 Å². The van der Waals surface area contributed by atoms with Crippen LogP contribution in [0, 0.1) is 0 Å². The lowest BCUT2D eigenvalue weighted by molar-refractivity contribution is 0.0501. The Balaban J connectivity index is 1.64. The highest BCUT2D eigenvalue weighted by Gasteiger charge is 2.07. The summed E-state index contributed by atoms with van der Waals surface area (Å²) in [5.41, 5.74) is 0.460. The fourth-order valence-electron chi connectivity index (χ4n) is 1.60. The number of ether oxygens (including phenoxy) is 1. The Hall–Kier alpha value is -1.85. The van der Waals surface area contributed by atoms with Crippen LogP contribution in [0.3, 0.4) is 0 Å². The van der Waals surface area contributed by atoms with Crippen LogP contribution >= 0.6 is 22.9 Å². The molecule has 0 radical (unpaired) electrons. The SMILES string of the molecule is O=C(OCCCNC(=O)c1cccs1)c1ccc(Cl)cc1. The lowest BCUT2D eigenvalue weighted by Gasteiger charge is -2.06. The van der Waals surface area contributed by atoms with Crippen LogP contribution in [0.2, 0.25) is 5.02 Å². The summed E-state index contributed by atoms with van der Waals surface area (Å²) in [5.74, 6) is -0.495. The van der Waals surface area contributed by atoms with E-state index >= 15 is 0 Å². The van der Waals surface area contributed by atoms with E-state index in [1.807, 2.05) is 11.4 Å². The molecule has 110 valence electrons. The van der Waals surface area contributed by atoms with Crippen molar-refractivity contribution in [3.63, 3.8) is 0 Å². The molecule has 1 aromatic heterocycles. The lowest BCUT2D eigenvalue weighted by Crippen LogP contribution is -2.24. The monoisotopic (exact) mass is 323 g/mol. The smallest absolute Gasteiger partial charge is 0.338 e. The second-order valence-corrected chi connectivity index (χ2v) is 5.61. The number of benzene rings is 1. The Kier molecular flexibility index (Phi) is 5.78. The highest BCUT2D eigenvalue weighted by molar-refractivity contribution is 7.12. The van der Waals surface area contributed by atoms with Crippen LogP contribution in [0.5, 0.6) is 0 Å². The number of thiophene rings is 1. The van der Waals surface area contributed by atoms with Crippen LogP contribution in [-0.2, 0) is 4.74 Å². The molecule has 0 aliphatic heterocycles. The molecular formula is C15H14ClNO3S. The fourth-order valence-corrected chi connectivity index (χ4v) is 2.37. The first kappa shape index (κ1) is 15.5. The van der Waals surface area contributed by atoms with Crippen molar-refractivity contribution in [2.45, 2.75) is 6.42 Å². The van der Waals surface area contributed by atoms with Gasteiger partial charge in [0, 0.05) is 11.6 Å². The number of hydrogen-bond donors (Lipinski definition) is 1. The molecule has 0 aliphatic rings. The van der Waals surface area contributed by atoms with E-state index in [1.165, 1.54) is 11.3 Å². The van der Waals surface area contributed by atoms with Crippen LogP contribution in [0.15, 0.2) is 41.8 Å². The number of hydrogen-bond acceptors (Lipinski definition) is 4. The van der Waals surface area contributed by atoms with Crippen molar-refractivity contribution < 1.29 is 14.3 Å². The number of rotatable bonds is 6. The molecule has 0 unspecified atom stereocenters. The summed E-state index contributed by atoms with van der Waals surface area (Å²) in [4.78, 5) is 24.0. The molecule has 0 aliphatic carbocycles. The number of carbonyl (C=O) groups excluding carboxylic acids is 2. The van der Waals surface area contributed by atoms with Crippen LogP contribution in [-0.4, -0.2) is 25.0 Å². The van der Waals surface area contributed by atoms with Crippen molar-refractivity contribution in [1.29, 1.82) is 0 Å². The fraction of sp³-hybridized carbons (Fsp3) is 0.200. The first-order chi connectivity index (χ1) is 10.2. The average molecular weight is 324 g/mol. The Morgan fingerprint density at radius 3 is 2.62 bits per heavy atom. The van der Waals surface area contributed by atoms with Gasteiger partial charge in [0.25, 0.3) is 5.91 Å². The van der Waals surface area contributed by atoms with Crippen LogP contribution in [0.4, 0.5) is 0 Å². The van der Waals surface area contributed by atoms with Gasteiger partial charge in [-0.1, -0.05) is 17.7 Å². The summed E-state index contributed by atoms with van der Waals surface area (Å²) in [6.45, 7) is 0.719. The number of amides is 1. The molecule has 0 saturated carbocycles. The topological polar surface area (TPSA) is 55.4 Å². The average Bonchev–Trinajstić information content (AvgIpc) is 3.01. The molecule has 0 fully saturated rings. The summed E-state index contributed by atoms with van der Waals surface area (Å²) < 4.78 is 5.11.